The smallest absolute Gasteiger partial charge is 0.223 e. The minimum Gasteiger partial charge on any atom is -0.343 e. The number of rotatable bonds is 5. The molecule has 1 aromatic heterocycles. The maximum atomic E-state index is 12.0. The summed E-state index contributed by atoms with van der Waals surface area (Å²) in [4.78, 5) is 15.4. The lowest BCUT2D eigenvalue weighted by Crippen LogP contribution is -2.37. The van der Waals surface area contributed by atoms with Gasteiger partial charge in [-0.2, -0.15) is 0 Å². The second-order valence-corrected chi connectivity index (χ2v) is 6.28. The van der Waals surface area contributed by atoms with E-state index in [1.807, 2.05) is 4.90 Å². The minimum absolute atomic E-state index is 0.308. The molecule has 1 aliphatic heterocycles. The first-order valence-electron chi connectivity index (χ1n) is 7.23. The molecule has 0 aliphatic carbocycles. The van der Waals surface area contributed by atoms with Crippen LogP contribution in [-0.4, -0.2) is 30.4 Å². The molecule has 1 fully saturated rings. The molecule has 3 nitrogen and oxygen atoms in total. The first-order chi connectivity index (χ1) is 9.18. The first-order valence-corrected chi connectivity index (χ1v) is 8.11. The SMILES string of the molecule is Cc1ccsc1C(C)NCCC(=O)N1CCCCC1. The summed E-state index contributed by atoms with van der Waals surface area (Å²) in [5.74, 6) is 0.308. The van der Waals surface area contributed by atoms with E-state index in [2.05, 4.69) is 30.6 Å². The van der Waals surface area contributed by atoms with Gasteiger partial charge in [-0.1, -0.05) is 0 Å². The van der Waals surface area contributed by atoms with E-state index in [1.165, 1.54) is 29.7 Å². The largest absolute Gasteiger partial charge is 0.343 e. The highest BCUT2D eigenvalue weighted by Crippen LogP contribution is 2.23. The van der Waals surface area contributed by atoms with Crippen molar-refractivity contribution in [2.24, 2.45) is 0 Å². The average Bonchev–Trinajstić information content (AvgIpc) is 2.86. The average molecular weight is 280 g/mol. The molecule has 1 unspecified atom stereocenters. The lowest BCUT2D eigenvalue weighted by Gasteiger charge is -2.27. The molecule has 1 N–H and O–H groups in total. The quantitative estimate of drug-likeness (QED) is 0.899. The number of likely N-dealkylation sites (tertiary alicyclic amines) is 1. The maximum absolute atomic E-state index is 12.0. The zero-order valence-electron chi connectivity index (χ0n) is 11.9. The molecule has 2 rings (SSSR count). The summed E-state index contributed by atoms with van der Waals surface area (Å²) >= 11 is 1.79. The number of hydrogen-bond donors (Lipinski definition) is 1. The Balaban J connectivity index is 1.71. The number of hydrogen-bond acceptors (Lipinski definition) is 3. The van der Waals surface area contributed by atoms with Crippen LogP contribution in [0.15, 0.2) is 11.4 Å². The van der Waals surface area contributed by atoms with Crippen LogP contribution in [0.5, 0.6) is 0 Å². The maximum Gasteiger partial charge on any atom is 0.223 e. The van der Waals surface area contributed by atoms with E-state index in [0.717, 1.165) is 19.6 Å². The van der Waals surface area contributed by atoms with Gasteiger partial charge >= 0.3 is 0 Å². The zero-order valence-corrected chi connectivity index (χ0v) is 12.8. The molecule has 19 heavy (non-hydrogen) atoms. The van der Waals surface area contributed by atoms with Gasteiger partial charge in [0, 0.05) is 37.0 Å². The molecule has 1 atom stereocenters. The molecular weight excluding hydrogens is 256 g/mol. The standard InChI is InChI=1S/C15H24N2OS/c1-12-7-11-19-15(12)13(2)16-8-6-14(18)17-9-4-3-5-10-17/h7,11,13,16H,3-6,8-10H2,1-2H3. The van der Waals surface area contributed by atoms with Crippen molar-refractivity contribution in [3.8, 4) is 0 Å². The van der Waals surface area contributed by atoms with Gasteiger partial charge < -0.3 is 10.2 Å². The van der Waals surface area contributed by atoms with Crippen LogP contribution in [0.25, 0.3) is 0 Å². The molecule has 106 valence electrons. The highest BCUT2D eigenvalue weighted by molar-refractivity contribution is 7.10. The molecule has 0 spiro atoms. The highest BCUT2D eigenvalue weighted by atomic mass is 32.1. The van der Waals surface area contributed by atoms with E-state index in [0.29, 0.717) is 18.4 Å². The zero-order chi connectivity index (χ0) is 13.7. The molecule has 1 aromatic rings. The van der Waals surface area contributed by atoms with Crippen LogP contribution in [0.4, 0.5) is 0 Å². The van der Waals surface area contributed by atoms with Gasteiger partial charge in [-0.05, 0) is 50.1 Å². The van der Waals surface area contributed by atoms with E-state index in [-0.39, 0.29) is 0 Å². The van der Waals surface area contributed by atoms with Crippen molar-refractivity contribution < 1.29 is 4.79 Å². The Morgan fingerprint density at radius 2 is 2.16 bits per heavy atom. The summed E-state index contributed by atoms with van der Waals surface area (Å²) in [6, 6.07) is 2.49. The number of aryl methyl sites for hydroxylation is 1. The normalized spacial score (nSPS) is 17.5. The number of carbonyl (C=O) groups is 1. The topological polar surface area (TPSA) is 32.3 Å². The van der Waals surface area contributed by atoms with E-state index in [4.69, 9.17) is 0 Å². The fourth-order valence-corrected chi connectivity index (χ4v) is 3.58. The molecule has 0 aromatic carbocycles. The van der Waals surface area contributed by atoms with Gasteiger partial charge in [0.25, 0.3) is 0 Å². The second kappa shape index (κ2) is 7.06. The summed E-state index contributed by atoms with van der Waals surface area (Å²) < 4.78 is 0. The van der Waals surface area contributed by atoms with Crippen molar-refractivity contribution in [1.82, 2.24) is 10.2 Å². The molecule has 1 aliphatic rings. The van der Waals surface area contributed by atoms with Gasteiger partial charge in [-0.15, -0.1) is 11.3 Å². The van der Waals surface area contributed by atoms with Gasteiger partial charge in [-0.3, -0.25) is 4.79 Å². The number of thiophene rings is 1. The van der Waals surface area contributed by atoms with Crippen LogP contribution in [0.3, 0.4) is 0 Å². The van der Waals surface area contributed by atoms with Crippen LogP contribution < -0.4 is 5.32 Å². The molecule has 0 saturated carbocycles. The second-order valence-electron chi connectivity index (χ2n) is 5.34. The molecule has 4 heteroatoms. The Bertz CT molecular complexity index is 410. The predicted octanol–water partition coefficient (Wildman–Crippen LogP) is 3.11. The van der Waals surface area contributed by atoms with Crippen molar-refractivity contribution in [3.05, 3.63) is 21.9 Å². The van der Waals surface area contributed by atoms with Gasteiger partial charge in [-0.25, -0.2) is 0 Å². The molecular formula is C15H24N2OS. The summed E-state index contributed by atoms with van der Waals surface area (Å²) in [6.07, 6.45) is 4.24. The fourth-order valence-electron chi connectivity index (χ4n) is 2.62. The lowest BCUT2D eigenvalue weighted by atomic mass is 10.1. The molecule has 2 heterocycles. The summed E-state index contributed by atoms with van der Waals surface area (Å²) in [5.41, 5.74) is 1.34. The van der Waals surface area contributed by atoms with E-state index < -0.39 is 0 Å². The van der Waals surface area contributed by atoms with Crippen LogP contribution >= 0.6 is 11.3 Å². The number of carbonyl (C=O) groups excluding carboxylic acids is 1. The van der Waals surface area contributed by atoms with E-state index in [9.17, 15) is 4.79 Å². The van der Waals surface area contributed by atoms with Crippen molar-refractivity contribution in [3.63, 3.8) is 0 Å². The highest BCUT2D eigenvalue weighted by Gasteiger charge is 2.16. The predicted molar refractivity (Wildman–Crippen MR) is 80.5 cm³/mol. The third kappa shape index (κ3) is 4.05. The monoisotopic (exact) mass is 280 g/mol. The van der Waals surface area contributed by atoms with E-state index >= 15 is 0 Å². The Kier molecular flexibility index (Phi) is 5.40. The lowest BCUT2D eigenvalue weighted by molar-refractivity contribution is -0.131. The van der Waals surface area contributed by atoms with Crippen LogP contribution in [0, 0.1) is 6.92 Å². The molecule has 0 radical (unpaired) electrons. The third-order valence-electron chi connectivity index (χ3n) is 3.79. The van der Waals surface area contributed by atoms with Crippen molar-refractivity contribution in [2.75, 3.05) is 19.6 Å². The number of nitrogens with zero attached hydrogens (tertiary/aromatic N) is 1. The van der Waals surface area contributed by atoms with Crippen molar-refractivity contribution in [2.45, 2.75) is 45.6 Å². The summed E-state index contributed by atoms with van der Waals surface area (Å²) in [5, 5.41) is 5.59. The Morgan fingerprint density at radius 1 is 1.42 bits per heavy atom. The van der Waals surface area contributed by atoms with Crippen LogP contribution in [0.2, 0.25) is 0 Å². The summed E-state index contributed by atoms with van der Waals surface area (Å²) in [6.45, 7) is 7.00. The Morgan fingerprint density at radius 3 is 2.79 bits per heavy atom. The first kappa shape index (κ1) is 14.5. The van der Waals surface area contributed by atoms with Crippen LogP contribution in [-0.2, 0) is 4.79 Å². The van der Waals surface area contributed by atoms with Gasteiger partial charge in [0.05, 0.1) is 0 Å². The molecule has 1 amide bonds. The Labute approximate surface area is 120 Å². The van der Waals surface area contributed by atoms with Gasteiger partial charge in [0.15, 0.2) is 0 Å². The minimum atomic E-state index is 0.308. The van der Waals surface area contributed by atoms with Crippen LogP contribution in [0.1, 0.15) is 49.1 Å². The number of piperidine rings is 1. The molecule has 1 saturated heterocycles. The van der Waals surface area contributed by atoms with E-state index in [1.54, 1.807) is 11.3 Å². The Hall–Kier alpha value is -0.870. The third-order valence-corrected chi connectivity index (χ3v) is 4.99. The van der Waals surface area contributed by atoms with Crippen molar-refractivity contribution in [1.29, 1.82) is 0 Å². The number of nitrogens with one attached hydrogen (secondary N) is 1. The van der Waals surface area contributed by atoms with Gasteiger partial charge in [0.1, 0.15) is 0 Å². The van der Waals surface area contributed by atoms with Gasteiger partial charge in [0.2, 0.25) is 5.91 Å². The molecule has 0 bridgehead atoms. The fraction of sp³-hybridized carbons (Fsp3) is 0.667. The van der Waals surface area contributed by atoms with Crippen molar-refractivity contribution >= 4 is 17.2 Å². The number of amides is 1. The summed E-state index contributed by atoms with van der Waals surface area (Å²) in [7, 11) is 0.